The molecule has 0 atom stereocenters. The van der Waals surface area contributed by atoms with Crippen LogP contribution in [0.15, 0.2) is 22.9 Å². The van der Waals surface area contributed by atoms with E-state index in [4.69, 9.17) is 0 Å². The van der Waals surface area contributed by atoms with Gasteiger partial charge in [0, 0.05) is 22.2 Å². The minimum absolute atomic E-state index is 0.871. The first-order valence-corrected chi connectivity index (χ1v) is 4.40. The molecule has 0 saturated carbocycles. The zero-order chi connectivity index (χ0) is 6.69. The summed E-state index contributed by atoms with van der Waals surface area (Å²) in [5.74, 6) is 0. The highest BCUT2D eigenvalue weighted by Crippen LogP contribution is 2.16. The van der Waals surface area contributed by atoms with Crippen LogP contribution >= 0.6 is 31.9 Å². The summed E-state index contributed by atoms with van der Waals surface area (Å²) >= 11 is 6.71. The van der Waals surface area contributed by atoms with Gasteiger partial charge in [-0.2, -0.15) is 0 Å². The fourth-order valence-electron chi connectivity index (χ4n) is 0.512. The maximum atomic E-state index is 3.93. The third-order valence-electron chi connectivity index (χ3n) is 1.00. The Morgan fingerprint density at radius 2 is 2.33 bits per heavy atom. The summed E-state index contributed by atoms with van der Waals surface area (Å²) in [5.41, 5.74) is 1.23. The van der Waals surface area contributed by atoms with Gasteiger partial charge in [0.2, 0.25) is 0 Å². The highest BCUT2D eigenvalue weighted by molar-refractivity contribution is 9.10. The molecule has 0 bridgehead atoms. The highest BCUT2D eigenvalue weighted by Gasteiger charge is 1.93. The van der Waals surface area contributed by atoms with E-state index in [2.05, 4.69) is 36.8 Å². The van der Waals surface area contributed by atoms with Gasteiger partial charge in [-0.3, -0.25) is 4.98 Å². The van der Waals surface area contributed by atoms with Crippen LogP contribution in [0.25, 0.3) is 0 Å². The molecule has 0 aliphatic rings. The molecule has 0 spiro atoms. The quantitative estimate of drug-likeness (QED) is 0.699. The monoisotopic (exact) mass is 249 g/mol. The van der Waals surface area contributed by atoms with Crippen LogP contribution in [-0.2, 0) is 5.33 Å². The Morgan fingerprint density at radius 1 is 1.56 bits per heavy atom. The Morgan fingerprint density at radius 3 is 2.78 bits per heavy atom. The van der Waals surface area contributed by atoms with Crippen LogP contribution in [0.1, 0.15) is 5.56 Å². The molecule has 1 nitrogen and oxygen atoms in total. The molecule has 0 amide bonds. The van der Waals surface area contributed by atoms with Gasteiger partial charge < -0.3 is 0 Å². The van der Waals surface area contributed by atoms with Crippen molar-refractivity contribution in [2.75, 3.05) is 0 Å². The number of hydrogen-bond acceptors (Lipinski definition) is 1. The van der Waals surface area contributed by atoms with E-state index in [1.54, 1.807) is 12.4 Å². The Labute approximate surface area is 70.8 Å². The fourth-order valence-corrected chi connectivity index (χ4v) is 1.77. The third kappa shape index (κ3) is 1.76. The molecular formula is C6H5Br2N. The van der Waals surface area contributed by atoms with Crippen molar-refractivity contribution in [1.29, 1.82) is 0 Å². The van der Waals surface area contributed by atoms with Crippen LogP contribution in [0.5, 0.6) is 0 Å². The summed E-state index contributed by atoms with van der Waals surface area (Å²) in [6, 6.07) is 1.97. The second kappa shape index (κ2) is 3.32. The first-order valence-electron chi connectivity index (χ1n) is 2.49. The predicted octanol–water partition coefficient (Wildman–Crippen LogP) is 2.74. The maximum absolute atomic E-state index is 3.93. The molecule has 0 aromatic carbocycles. The first-order chi connectivity index (χ1) is 4.34. The van der Waals surface area contributed by atoms with Crippen molar-refractivity contribution in [2.45, 2.75) is 5.33 Å². The average molecular weight is 251 g/mol. The minimum Gasteiger partial charge on any atom is -0.264 e. The molecule has 0 aliphatic carbocycles. The van der Waals surface area contributed by atoms with Gasteiger partial charge in [0.25, 0.3) is 0 Å². The fraction of sp³-hybridized carbons (Fsp3) is 0.167. The van der Waals surface area contributed by atoms with Crippen LogP contribution in [-0.4, -0.2) is 4.98 Å². The second-order valence-corrected chi connectivity index (χ2v) is 3.02. The van der Waals surface area contributed by atoms with Crippen LogP contribution in [0, 0.1) is 0 Å². The topological polar surface area (TPSA) is 12.9 Å². The molecule has 0 saturated heterocycles. The molecule has 9 heavy (non-hydrogen) atoms. The number of rotatable bonds is 1. The van der Waals surface area contributed by atoms with Crippen molar-refractivity contribution in [3.63, 3.8) is 0 Å². The van der Waals surface area contributed by atoms with Crippen LogP contribution in [0.3, 0.4) is 0 Å². The summed E-state index contributed by atoms with van der Waals surface area (Å²) in [6.45, 7) is 0. The lowest BCUT2D eigenvalue weighted by Crippen LogP contribution is -1.79. The van der Waals surface area contributed by atoms with Crippen LogP contribution in [0.4, 0.5) is 0 Å². The van der Waals surface area contributed by atoms with Gasteiger partial charge in [-0.05, 0) is 27.6 Å². The lowest BCUT2D eigenvalue weighted by atomic mass is 10.3. The number of nitrogens with zero attached hydrogens (tertiary/aromatic N) is 1. The van der Waals surface area contributed by atoms with Crippen molar-refractivity contribution in [2.24, 2.45) is 0 Å². The number of hydrogen-bond donors (Lipinski definition) is 0. The number of pyridine rings is 1. The van der Waals surface area contributed by atoms with Crippen molar-refractivity contribution in [3.05, 3.63) is 28.5 Å². The van der Waals surface area contributed by atoms with E-state index in [-0.39, 0.29) is 0 Å². The van der Waals surface area contributed by atoms with Gasteiger partial charge >= 0.3 is 0 Å². The van der Waals surface area contributed by atoms with E-state index >= 15 is 0 Å². The molecule has 0 fully saturated rings. The molecule has 48 valence electrons. The third-order valence-corrected chi connectivity index (χ3v) is 2.32. The van der Waals surface area contributed by atoms with Gasteiger partial charge in [0.15, 0.2) is 0 Å². The normalized spacial score (nSPS) is 9.56. The zero-order valence-electron chi connectivity index (χ0n) is 4.64. The predicted molar refractivity (Wildman–Crippen MR) is 44.6 cm³/mol. The molecule has 0 unspecified atom stereocenters. The van der Waals surface area contributed by atoms with Crippen molar-refractivity contribution >= 4 is 31.9 Å². The van der Waals surface area contributed by atoms with E-state index in [0.717, 1.165) is 9.80 Å². The summed E-state index contributed by atoms with van der Waals surface area (Å²) in [7, 11) is 0. The van der Waals surface area contributed by atoms with Gasteiger partial charge in [0.1, 0.15) is 0 Å². The molecule has 0 radical (unpaired) electrons. The van der Waals surface area contributed by atoms with Crippen molar-refractivity contribution < 1.29 is 0 Å². The summed E-state index contributed by atoms with van der Waals surface area (Å²) < 4.78 is 1.06. The van der Waals surface area contributed by atoms with Gasteiger partial charge in [-0.15, -0.1) is 0 Å². The molecule has 1 rings (SSSR count). The van der Waals surface area contributed by atoms with E-state index in [1.165, 1.54) is 5.56 Å². The van der Waals surface area contributed by atoms with Gasteiger partial charge in [-0.25, -0.2) is 0 Å². The zero-order valence-corrected chi connectivity index (χ0v) is 7.81. The first kappa shape index (κ1) is 7.22. The van der Waals surface area contributed by atoms with Crippen LogP contribution < -0.4 is 0 Å². The lowest BCUT2D eigenvalue weighted by Gasteiger charge is -1.94. The summed E-state index contributed by atoms with van der Waals surface area (Å²) in [6.07, 6.45) is 3.57. The van der Waals surface area contributed by atoms with Gasteiger partial charge in [-0.1, -0.05) is 15.9 Å². The summed E-state index contributed by atoms with van der Waals surface area (Å²) in [5, 5.41) is 0.871. The smallest absolute Gasteiger partial charge is 0.0413 e. The Balaban J connectivity index is 3.01. The van der Waals surface area contributed by atoms with Gasteiger partial charge in [0.05, 0.1) is 0 Å². The van der Waals surface area contributed by atoms with Crippen LogP contribution in [0.2, 0.25) is 0 Å². The Hall–Kier alpha value is 0.110. The average Bonchev–Trinajstić information content (AvgIpc) is 1.89. The Bertz CT molecular complexity index is 200. The molecule has 1 heterocycles. The van der Waals surface area contributed by atoms with E-state index in [0.29, 0.717) is 0 Å². The molecule has 0 aliphatic heterocycles. The number of alkyl halides is 1. The Kier molecular flexibility index (Phi) is 2.66. The maximum Gasteiger partial charge on any atom is 0.0413 e. The van der Waals surface area contributed by atoms with E-state index < -0.39 is 0 Å². The lowest BCUT2D eigenvalue weighted by molar-refractivity contribution is 1.25. The van der Waals surface area contributed by atoms with E-state index in [1.807, 2.05) is 6.07 Å². The number of halogens is 2. The standard InChI is InChI=1S/C6H5Br2N/c7-3-5-1-2-9-4-6(5)8/h1-2,4H,3H2. The molecule has 0 N–H and O–H groups in total. The van der Waals surface area contributed by atoms with E-state index in [9.17, 15) is 0 Å². The highest BCUT2D eigenvalue weighted by atomic mass is 79.9. The molecule has 1 aromatic heterocycles. The largest absolute Gasteiger partial charge is 0.264 e. The SMILES string of the molecule is BrCc1ccncc1Br. The minimum atomic E-state index is 0.871. The molecular weight excluding hydrogens is 246 g/mol. The molecule has 3 heteroatoms. The van der Waals surface area contributed by atoms with Crippen molar-refractivity contribution in [1.82, 2.24) is 4.98 Å². The second-order valence-electron chi connectivity index (χ2n) is 1.60. The summed E-state index contributed by atoms with van der Waals surface area (Å²) in [4.78, 5) is 3.93. The molecule has 1 aromatic rings. The number of aromatic nitrogens is 1. The van der Waals surface area contributed by atoms with Crippen molar-refractivity contribution in [3.8, 4) is 0 Å².